The molecular formula is C15H19N5O2. The van der Waals surface area contributed by atoms with Crippen LogP contribution in [0.5, 0.6) is 5.75 Å². The summed E-state index contributed by atoms with van der Waals surface area (Å²) >= 11 is 0. The Morgan fingerprint density at radius 1 is 1.50 bits per heavy atom. The Balaban J connectivity index is 1.59. The van der Waals surface area contributed by atoms with E-state index in [0.717, 1.165) is 36.3 Å². The van der Waals surface area contributed by atoms with E-state index in [2.05, 4.69) is 20.8 Å². The summed E-state index contributed by atoms with van der Waals surface area (Å²) < 4.78 is 1.88. The van der Waals surface area contributed by atoms with Crippen molar-refractivity contribution >= 4 is 6.03 Å². The van der Waals surface area contributed by atoms with Gasteiger partial charge in [-0.2, -0.15) is 0 Å². The molecule has 0 bridgehead atoms. The van der Waals surface area contributed by atoms with Gasteiger partial charge < -0.3 is 20.3 Å². The molecule has 0 aliphatic heterocycles. The average molecular weight is 301 g/mol. The van der Waals surface area contributed by atoms with Crippen LogP contribution in [0.4, 0.5) is 4.79 Å². The van der Waals surface area contributed by atoms with Gasteiger partial charge in [0.2, 0.25) is 0 Å². The minimum absolute atomic E-state index is 0.0638. The highest BCUT2D eigenvalue weighted by atomic mass is 16.3. The lowest BCUT2D eigenvalue weighted by atomic mass is 10.1. The number of amides is 2. The van der Waals surface area contributed by atoms with E-state index in [1.165, 1.54) is 0 Å². The highest BCUT2D eigenvalue weighted by Crippen LogP contribution is 2.36. The van der Waals surface area contributed by atoms with Crippen LogP contribution in [0.15, 0.2) is 24.5 Å². The number of aryl methyl sites for hydroxylation is 1. The third-order valence-electron chi connectivity index (χ3n) is 3.99. The molecular weight excluding hydrogens is 282 g/mol. The Hall–Kier alpha value is -2.57. The first kappa shape index (κ1) is 14.4. The van der Waals surface area contributed by atoms with Gasteiger partial charge in [-0.3, -0.25) is 0 Å². The first-order valence-corrected chi connectivity index (χ1v) is 7.40. The second-order valence-corrected chi connectivity index (χ2v) is 5.30. The molecule has 3 N–H and O–H groups in total. The van der Waals surface area contributed by atoms with Gasteiger partial charge in [0.1, 0.15) is 12.1 Å². The summed E-state index contributed by atoms with van der Waals surface area (Å²) in [5, 5.41) is 23.4. The largest absolute Gasteiger partial charge is 0.508 e. The number of aromatic nitrogens is 3. The molecule has 0 unspecified atom stereocenters. The van der Waals surface area contributed by atoms with Gasteiger partial charge in [-0.1, -0.05) is 12.1 Å². The molecule has 1 heterocycles. The monoisotopic (exact) mass is 301 g/mol. The zero-order valence-electron chi connectivity index (χ0n) is 12.4. The van der Waals surface area contributed by atoms with E-state index in [-0.39, 0.29) is 12.1 Å². The molecule has 3 rings (SSSR count). The Bertz CT molecular complexity index is 682. The number of carbonyl (C=O) groups is 1. The van der Waals surface area contributed by atoms with Gasteiger partial charge in [0.05, 0.1) is 12.6 Å². The summed E-state index contributed by atoms with van der Waals surface area (Å²) in [5.41, 5.74) is 1.92. The molecule has 1 aromatic heterocycles. The lowest BCUT2D eigenvalue weighted by Crippen LogP contribution is -2.37. The molecule has 1 aromatic carbocycles. The molecule has 22 heavy (non-hydrogen) atoms. The van der Waals surface area contributed by atoms with Gasteiger partial charge in [-0.05, 0) is 37.0 Å². The second kappa shape index (κ2) is 6.05. The lowest BCUT2D eigenvalue weighted by molar-refractivity contribution is 0.236. The van der Waals surface area contributed by atoms with Gasteiger partial charge >= 0.3 is 6.03 Å². The van der Waals surface area contributed by atoms with Gasteiger partial charge in [0.25, 0.3) is 0 Å². The van der Waals surface area contributed by atoms with Crippen LogP contribution in [0.25, 0.3) is 0 Å². The van der Waals surface area contributed by atoms with E-state index in [1.807, 2.05) is 17.6 Å². The number of fused-ring (bicyclic) bond motifs is 1. The number of benzene rings is 1. The van der Waals surface area contributed by atoms with Gasteiger partial charge in [-0.15, -0.1) is 10.2 Å². The van der Waals surface area contributed by atoms with Crippen molar-refractivity contribution in [3.05, 3.63) is 41.5 Å². The van der Waals surface area contributed by atoms with Crippen LogP contribution < -0.4 is 10.6 Å². The highest BCUT2D eigenvalue weighted by Gasteiger charge is 2.25. The normalized spacial score (nSPS) is 16.3. The predicted molar refractivity (Wildman–Crippen MR) is 80.2 cm³/mol. The molecule has 7 nitrogen and oxygen atoms in total. The first-order chi connectivity index (χ1) is 10.7. The molecule has 1 atom stereocenters. The molecule has 116 valence electrons. The van der Waals surface area contributed by atoms with Crippen LogP contribution in [0.3, 0.4) is 0 Å². The van der Waals surface area contributed by atoms with Gasteiger partial charge in [0, 0.05) is 6.54 Å². The van der Waals surface area contributed by atoms with Crippen LogP contribution in [-0.4, -0.2) is 25.9 Å². The van der Waals surface area contributed by atoms with Crippen molar-refractivity contribution in [2.24, 2.45) is 0 Å². The number of nitrogens with one attached hydrogen (secondary N) is 2. The Labute approximate surface area is 128 Å². The number of phenols is 1. The number of hydrogen-bond acceptors (Lipinski definition) is 4. The summed E-state index contributed by atoms with van der Waals surface area (Å²) in [7, 11) is 0. The summed E-state index contributed by atoms with van der Waals surface area (Å²) in [4.78, 5) is 12.0. The van der Waals surface area contributed by atoms with Crippen LogP contribution in [0.1, 0.15) is 36.3 Å². The fourth-order valence-corrected chi connectivity index (χ4v) is 2.83. The van der Waals surface area contributed by atoms with Crippen molar-refractivity contribution in [3.63, 3.8) is 0 Å². The fraction of sp³-hybridized carbons (Fsp3) is 0.400. The molecule has 0 spiro atoms. The number of nitrogens with zero attached hydrogens (tertiary/aromatic N) is 3. The van der Waals surface area contributed by atoms with E-state index >= 15 is 0 Å². The van der Waals surface area contributed by atoms with Crippen LogP contribution in [0.2, 0.25) is 0 Å². The summed E-state index contributed by atoms with van der Waals surface area (Å²) in [6.07, 6.45) is 3.22. The number of aromatic hydroxyl groups is 1. The minimum Gasteiger partial charge on any atom is -0.508 e. The minimum atomic E-state index is -0.244. The van der Waals surface area contributed by atoms with Crippen molar-refractivity contribution in [1.29, 1.82) is 0 Å². The molecule has 0 saturated carbocycles. The van der Waals surface area contributed by atoms with E-state index < -0.39 is 0 Å². The summed E-state index contributed by atoms with van der Waals surface area (Å²) in [6, 6.07) is 5.12. The second-order valence-electron chi connectivity index (χ2n) is 5.30. The molecule has 2 aromatic rings. The molecule has 0 fully saturated rings. The zero-order chi connectivity index (χ0) is 15.5. The lowest BCUT2D eigenvalue weighted by Gasteiger charge is -2.15. The number of hydrogen-bond donors (Lipinski definition) is 3. The number of rotatable bonds is 4. The van der Waals surface area contributed by atoms with Crippen molar-refractivity contribution in [1.82, 2.24) is 25.4 Å². The van der Waals surface area contributed by atoms with Crippen LogP contribution in [-0.2, 0) is 19.5 Å². The van der Waals surface area contributed by atoms with E-state index in [1.54, 1.807) is 18.5 Å². The highest BCUT2D eigenvalue weighted by molar-refractivity contribution is 5.74. The third-order valence-corrected chi connectivity index (χ3v) is 3.99. The zero-order valence-corrected chi connectivity index (χ0v) is 12.4. The Morgan fingerprint density at radius 3 is 3.18 bits per heavy atom. The van der Waals surface area contributed by atoms with Gasteiger partial charge in [0.15, 0.2) is 5.82 Å². The van der Waals surface area contributed by atoms with E-state index in [4.69, 9.17) is 0 Å². The SMILES string of the molecule is CCn1cnnc1CNC(=O)N[C@@H]1CCc2c(O)cccc21. The molecule has 2 amide bonds. The topological polar surface area (TPSA) is 92.1 Å². The number of phenolic OH excluding ortho intramolecular Hbond substituents is 1. The van der Waals surface area contributed by atoms with E-state index in [0.29, 0.717) is 12.3 Å². The van der Waals surface area contributed by atoms with Crippen molar-refractivity contribution < 1.29 is 9.90 Å². The standard InChI is InChI=1S/C15H19N5O2/c1-2-20-9-17-19-14(20)8-16-15(22)18-12-7-6-11-10(12)4-3-5-13(11)21/h3-5,9,12,21H,2,6-8H2,1H3,(H2,16,18,22)/t12-/m1/s1. The molecule has 1 aliphatic rings. The average Bonchev–Trinajstić information content (AvgIpc) is 3.13. The smallest absolute Gasteiger partial charge is 0.315 e. The van der Waals surface area contributed by atoms with E-state index in [9.17, 15) is 9.90 Å². The quantitative estimate of drug-likeness (QED) is 0.798. The Kier molecular flexibility index (Phi) is 3.95. The van der Waals surface area contributed by atoms with Crippen molar-refractivity contribution in [2.75, 3.05) is 0 Å². The van der Waals surface area contributed by atoms with Crippen molar-refractivity contribution in [3.8, 4) is 5.75 Å². The Morgan fingerprint density at radius 2 is 2.36 bits per heavy atom. The molecule has 1 aliphatic carbocycles. The molecule has 0 saturated heterocycles. The fourth-order valence-electron chi connectivity index (χ4n) is 2.83. The summed E-state index contributed by atoms with van der Waals surface area (Å²) in [6.45, 7) is 3.09. The first-order valence-electron chi connectivity index (χ1n) is 7.40. The maximum Gasteiger partial charge on any atom is 0.315 e. The maximum atomic E-state index is 12.0. The van der Waals surface area contributed by atoms with Gasteiger partial charge in [-0.25, -0.2) is 4.79 Å². The van der Waals surface area contributed by atoms with Crippen LogP contribution in [0, 0.1) is 0 Å². The maximum absolute atomic E-state index is 12.0. The predicted octanol–water partition coefficient (Wildman–Crippen LogP) is 1.49. The number of carbonyl (C=O) groups excluding carboxylic acids is 1. The summed E-state index contributed by atoms with van der Waals surface area (Å²) in [5.74, 6) is 1.03. The molecule has 0 radical (unpaired) electrons. The number of urea groups is 1. The van der Waals surface area contributed by atoms with Crippen LogP contribution >= 0.6 is 0 Å². The van der Waals surface area contributed by atoms with Crippen molar-refractivity contribution in [2.45, 2.75) is 38.9 Å². The third kappa shape index (κ3) is 2.74. The molecule has 7 heteroatoms.